The lowest BCUT2D eigenvalue weighted by Gasteiger charge is -2.48. The SMILES string of the molecule is C=CC(=O)Nc1cccc(S(=O)(=O)c2ccc(N3CC(CN4CCC([C@](C#N)(c5cccc(F)c5)[C@H]5CCC[C@@H]5NC(=O)O)CC4)C3)cc2)c1. The summed E-state index contributed by atoms with van der Waals surface area (Å²) >= 11 is 0. The Labute approximate surface area is 292 Å². The molecule has 50 heavy (non-hydrogen) atoms. The molecule has 3 N–H and O–H groups in total. The van der Waals surface area contributed by atoms with Crippen molar-refractivity contribution in [3.05, 3.63) is 96.8 Å². The van der Waals surface area contributed by atoms with E-state index >= 15 is 0 Å². The highest BCUT2D eigenvalue weighted by Gasteiger charge is 2.52. The number of hydrogen-bond acceptors (Lipinski definition) is 7. The zero-order valence-corrected chi connectivity index (χ0v) is 28.6. The molecule has 3 fully saturated rings. The normalized spacial score (nSPS) is 21.4. The van der Waals surface area contributed by atoms with Crippen molar-refractivity contribution in [3.63, 3.8) is 0 Å². The maximum atomic E-state index is 14.5. The fourth-order valence-electron chi connectivity index (χ4n) is 8.31. The van der Waals surface area contributed by atoms with Gasteiger partial charge in [-0.25, -0.2) is 17.6 Å². The molecule has 6 rings (SSSR count). The largest absolute Gasteiger partial charge is 0.465 e. The highest BCUT2D eigenvalue weighted by molar-refractivity contribution is 7.91. The minimum absolute atomic E-state index is 0.0344. The molecule has 3 aromatic carbocycles. The van der Waals surface area contributed by atoms with Crippen LogP contribution in [0.25, 0.3) is 0 Å². The van der Waals surface area contributed by atoms with Crippen molar-refractivity contribution in [3.8, 4) is 6.07 Å². The van der Waals surface area contributed by atoms with E-state index in [1.807, 2.05) is 18.2 Å². The molecule has 2 heterocycles. The Bertz CT molecular complexity index is 1880. The first-order valence-electron chi connectivity index (χ1n) is 17.1. The number of amides is 2. The molecule has 2 amide bonds. The molecule has 3 atom stereocenters. The molecule has 0 bridgehead atoms. The zero-order chi connectivity index (χ0) is 35.5. The fraction of sp³-hybridized carbons (Fsp3) is 0.395. The molecule has 2 saturated heterocycles. The van der Waals surface area contributed by atoms with Gasteiger partial charge in [0.2, 0.25) is 15.7 Å². The van der Waals surface area contributed by atoms with Crippen LogP contribution in [0, 0.1) is 34.9 Å². The van der Waals surface area contributed by atoms with E-state index in [9.17, 15) is 32.8 Å². The summed E-state index contributed by atoms with van der Waals surface area (Å²) in [6, 6.07) is 21.6. The van der Waals surface area contributed by atoms with Gasteiger partial charge in [0.25, 0.3) is 0 Å². The van der Waals surface area contributed by atoms with Crippen LogP contribution in [0.2, 0.25) is 0 Å². The number of rotatable bonds is 11. The maximum absolute atomic E-state index is 14.5. The van der Waals surface area contributed by atoms with E-state index in [2.05, 4.69) is 33.1 Å². The molecule has 0 radical (unpaired) electrons. The molecule has 12 heteroatoms. The second-order valence-corrected chi connectivity index (χ2v) is 15.6. The third kappa shape index (κ3) is 7.11. The zero-order valence-electron chi connectivity index (χ0n) is 27.8. The van der Waals surface area contributed by atoms with Gasteiger partial charge in [-0.15, -0.1) is 0 Å². The number of nitrogens with one attached hydrogen (secondary N) is 2. The van der Waals surface area contributed by atoms with Crippen molar-refractivity contribution in [2.45, 2.75) is 53.4 Å². The first-order valence-corrected chi connectivity index (χ1v) is 18.5. The Morgan fingerprint density at radius 2 is 1.72 bits per heavy atom. The van der Waals surface area contributed by atoms with Gasteiger partial charge in [0.15, 0.2) is 0 Å². The maximum Gasteiger partial charge on any atom is 0.404 e. The summed E-state index contributed by atoms with van der Waals surface area (Å²) in [6.07, 6.45) is 3.73. The summed E-state index contributed by atoms with van der Waals surface area (Å²) in [5.74, 6) is -0.655. The number of piperidine rings is 1. The van der Waals surface area contributed by atoms with Crippen molar-refractivity contribution in [2.24, 2.45) is 17.8 Å². The summed E-state index contributed by atoms with van der Waals surface area (Å²) < 4.78 is 41.1. The van der Waals surface area contributed by atoms with Crippen LogP contribution in [0.1, 0.15) is 37.7 Å². The van der Waals surface area contributed by atoms with E-state index in [0.717, 1.165) is 63.7 Å². The van der Waals surface area contributed by atoms with E-state index in [4.69, 9.17) is 0 Å². The number of halogens is 1. The van der Waals surface area contributed by atoms with Crippen LogP contribution in [0.15, 0.2) is 95.2 Å². The third-order valence-electron chi connectivity index (χ3n) is 10.7. The monoisotopic (exact) mass is 699 g/mol. The van der Waals surface area contributed by atoms with E-state index in [0.29, 0.717) is 30.0 Å². The van der Waals surface area contributed by atoms with Crippen LogP contribution in [-0.4, -0.2) is 69.2 Å². The lowest BCUT2D eigenvalue weighted by molar-refractivity contribution is -0.111. The number of likely N-dealkylation sites (tertiary alicyclic amines) is 1. The number of carboxylic acid groups (broad SMARTS) is 1. The van der Waals surface area contributed by atoms with Crippen molar-refractivity contribution < 1.29 is 27.5 Å². The topological polar surface area (TPSA) is 143 Å². The molecule has 1 saturated carbocycles. The van der Waals surface area contributed by atoms with Crippen LogP contribution in [-0.2, 0) is 20.0 Å². The Balaban J connectivity index is 1.06. The molecule has 3 aliphatic rings. The van der Waals surface area contributed by atoms with Crippen molar-refractivity contribution in [2.75, 3.05) is 42.9 Å². The summed E-state index contributed by atoms with van der Waals surface area (Å²) in [4.78, 5) is 28.2. The average Bonchev–Trinajstić information content (AvgIpc) is 3.55. The van der Waals surface area contributed by atoms with Gasteiger partial charge in [0.1, 0.15) is 5.82 Å². The Morgan fingerprint density at radius 3 is 2.38 bits per heavy atom. The first kappa shape index (κ1) is 35.1. The smallest absolute Gasteiger partial charge is 0.404 e. The van der Waals surface area contributed by atoms with E-state index in [1.54, 1.807) is 30.3 Å². The van der Waals surface area contributed by atoms with Gasteiger partial charge >= 0.3 is 6.09 Å². The van der Waals surface area contributed by atoms with Gasteiger partial charge in [0.05, 0.1) is 21.3 Å². The third-order valence-corrected chi connectivity index (χ3v) is 12.5. The summed E-state index contributed by atoms with van der Waals surface area (Å²) in [5.41, 5.74) is 0.965. The Morgan fingerprint density at radius 1 is 1.00 bits per heavy atom. The second kappa shape index (κ2) is 14.6. The molecule has 3 aromatic rings. The minimum Gasteiger partial charge on any atom is -0.465 e. The second-order valence-electron chi connectivity index (χ2n) is 13.6. The van der Waals surface area contributed by atoms with Crippen LogP contribution in [0.4, 0.5) is 20.6 Å². The van der Waals surface area contributed by atoms with E-state index in [1.165, 1.54) is 24.3 Å². The Hall–Kier alpha value is -4.73. The number of sulfone groups is 1. The summed E-state index contributed by atoms with van der Waals surface area (Å²) in [7, 11) is -3.79. The van der Waals surface area contributed by atoms with Crippen LogP contribution in [0.3, 0.4) is 0 Å². The molecule has 1 aliphatic carbocycles. The van der Waals surface area contributed by atoms with Crippen molar-refractivity contribution in [1.29, 1.82) is 5.26 Å². The van der Waals surface area contributed by atoms with E-state index in [-0.39, 0.29) is 27.7 Å². The fourth-order valence-corrected chi connectivity index (χ4v) is 9.62. The number of benzene rings is 3. The molecule has 0 aromatic heterocycles. The molecule has 0 spiro atoms. The van der Waals surface area contributed by atoms with Gasteiger partial charge in [0, 0.05) is 48.9 Å². The summed E-state index contributed by atoms with van der Waals surface area (Å²) in [6.45, 7) is 7.60. The van der Waals surface area contributed by atoms with Gasteiger partial charge in [-0.2, -0.15) is 5.26 Å². The highest BCUT2D eigenvalue weighted by atomic mass is 32.2. The molecular formula is C38H42FN5O5S. The first-order chi connectivity index (χ1) is 24.0. The van der Waals surface area contributed by atoms with Gasteiger partial charge < -0.3 is 25.5 Å². The summed E-state index contributed by atoms with van der Waals surface area (Å²) in [5, 5.41) is 25.6. The van der Waals surface area contributed by atoms with Crippen LogP contribution in [0.5, 0.6) is 0 Å². The van der Waals surface area contributed by atoms with Crippen LogP contribution >= 0.6 is 0 Å². The predicted molar refractivity (Wildman–Crippen MR) is 188 cm³/mol. The number of anilines is 2. The highest BCUT2D eigenvalue weighted by Crippen LogP contribution is 2.50. The predicted octanol–water partition coefficient (Wildman–Crippen LogP) is 5.83. The molecule has 0 unspecified atom stereocenters. The number of carbonyl (C=O) groups is 2. The van der Waals surface area contributed by atoms with E-state index < -0.39 is 33.1 Å². The molecular weight excluding hydrogens is 658 g/mol. The van der Waals surface area contributed by atoms with Crippen LogP contribution < -0.4 is 15.5 Å². The standard InChI is InChI=1S/C38H42FN5O5S/c1-2-36(45)41-30-8-4-9-33(21-30)50(48,49)32-14-12-31(13-15-32)44-23-26(24-44)22-43-18-16-27(17-19-43)38(25-40,28-6-3-7-29(39)20-28)34-10-5-11-35(34)42-37(46)47/h2-4,6-9,12-15,20-21,26-27,34-35,42H,1,5,10-11,16-19,22-24H2,(H,41,45)(H,46,47)/t34-,35-,38+/m0/s1. The quantitative estimate of drug-likeness (QED) is 0.212. The number of carbonyl (C=O) groups excluding carboxylic acids is 1. The Kier molecular flexibility index (Phi) is 10.3. The number of nitriles is 1. The number of nitrogens with zero attached hydrogens (tertiary/aromatic N) is 3. The lowest BCUT2D eigenvalue weighted by atomic mass is 9.59. The lowest BCUT2D eigenvalue weighted by Crippen LogP contribution is -2.55. The van der Waals surface area contributed by atoms with Gasteiger partial charge in [-0.1, -0.05) is 31.2 Å². The minimum atomic E-state index is -3.79. The number of hydrogen-bond donors (Lipinski definition) is 3. The average molecular weight is 700 g/mol. The van der Waals surface area contributed by atoms with Crippen molar-refractivity contribution >= 4 is 33.2 Å². The van der Waals surface area contributed by atoms with Gasteiger partial charge in [-0.3, -0.25) is 4.79 Å². The molecule has 10 nitrogen and oxygen atoms in total. The van der Waals surface area contributed by atoms with Gasteiger partial charge in [-0.05, 0) is 111 Å². The molecule has 2 aliphatic heterocycles. The van der Waals surface area contributed by atoms with Crippen molar-refractivity contribution in [1.82, 2.24) is 10.2 Å². The molecule has 262 valence electrons.